The zero-order chi connectivity index (χ0) is 11.8. The van der Waals surface area contributed by atoms with Crippen LogP contribution in [0.5, 0.6) is 0 Å². The maximum atomic E-state index is 11.2. The molecule has 84 valence electrons. The fourth-order valence-electron chi connectivity index (χ4n) is 1.17. The lowest BCUT2D eigenvalue weighted by molar-refractivity contribution is 0.0600. The number of hydrogen-bond donors (Lipinski definition) is 1. The first kappa shape index (κ1) is 12.3. The molecule has 0 aliphatic heterocycles. The molecule has 3 heteroatoms. The largest absolute Gasteiger partial charge is 0.465 e. The van der Waals surface area contributed by atoms with Crippen LogP contribution in [-0.4, -0.2) is 24.8 Å². The summed E-state index contributed by atoms with van der Waals surface area (Å²) in [6, 6.07) is 6.98. The van der Waals surface area contributed by atoms with Crippen molar-refractivity contribution in [1.29, 1.82) is 0 Å². The number of carbonyl (C=O) groups is 1. The average molecular weight is 218 g/mol. The highest BCUT2D eigenvalue weighted by Crippen LogP contribution is 2.05. The molecule has 0 aromatic heterocycles. The minimum atomic E-state index is -0.362. The molecule has 0 fully saturated rings. The maximum absolute atomic E-state index is 11.2. The number of ether oxygens (including phenoxy) is 1. The standard InChI is InChI=1S/C13H14O3/c1-16-13(15)12-8-5-7-11(10-12)6-3-2-4-9-14/h5,7-8,10,14H,2,4,9H2,1H3. The summed E-state index contributed by atoms with van der Waals surface area (Å²) >= 11 is 0. The molecule has 1 aromatic rings. The molecular formula is C13H14O3. The van der Waals surface area contributed by atoms with Gasteiger partial charge in [0.1, 0.15) is 0 Å². The van der Waals surface area contributed by atoms with Crippen molar-refractivity contribution in [3.8, 4) is 11.8 Å². The van der Waals surface area contributed by atoms with Crippen LogP contribution < -0.4 is 0 Å². The predicted octanol–water partition coefficient (Wildman–Crippen LogP) is 1.60. The topological polar surface area (TPSA) is 46.5 Å². The van der Waals surface area contributed by atoms with Gasteiger partial charge in [0.25, 0.3) is 0 Å². The predicted molar refractivity (Wildman–Crippen MR) is 61.0 cm³/mol. The van der Waals surface area contributed by atoms with E-state index in [1.165, 1.54) is 7.11 Å². The lowest BCUT2D eigenvalue weighted by Gasteiger charge is -1.98. The van der Waals surface area contributed by atoms with E-state index in [2.05, 4.69) is 16.6 Å². The molecule has 16 heavy (non-hydrogen) atoms. The third kappa shape index (κ3) is 3.76. The summed E-state index contributed by atoms with van der Waals surface area (Å²) in [4.78, 5) is 11.2. The van der Waals surface area contributed by atoms with Gasteiger partial charge in [-0.2, -0.15) is 0 Å². The lowest BCUT2D eigenvalue weighted by Crippen LogP contribution is -2.00. The third-order valence-corrected chi connectivity index (χ3v) is 1.98. The van der Waals surface area contributed by atoms with Crippen LogP contribution in [0.3, 0.4) is 0 Å². The van der Waals surface area contributed by atoms with Crippen LogP contribution in [0.1, 0.15) is 28.8 Å². The zero-order valence-corrected chi connectivity index (χ0v) is 9.19. The van der Waals surface area contributed by atoms with Gasteiger partial charge in [0, 0.05) is 18.6 Å². The quantitative estimate of drug-likeness (QED) is 0.476. The van der Waals surface area contributed by atoms with Crippen LogP contribution in [-0.2, 0) is 4.74 Å². The van der Waals surface area contributed by atoms with Crippen molar-refractivity contribution >= 4 is 5.97 Å². The molecule has 0 saturated carbocycles. The molecule has 0 saturated heterocycles. The van der Waals surface area contributed by atoms with Gasteiger partial charge < -0.3 is 9.84 Å². The monoisotopic (exact) mass is 218 g/mol. The van der Waals surface area contributed by atoms with E-state index >= 15 is 0 Å². The van der Waals surface area contributed by atoms with Crippen molar-refractivity contribution in [3.05, 3.63) is 35.4 Å². The van der Waals surface area contributed by atoms with Gasteiger partial charge in [-0.3, -0.25) is 0 Å². The Morgan fingerprint density at radius 2 is 2.31 bits per heavy atom. The molecule has 3 nitrogen and oxygen atoms in total. The van der Waals surface area contributed by atoms with E-state index in [9.17, 15) is 4.79 Å². The number of aliphatic hydroxyl groups excluding tert-OH is 1. The van der Waals surface area contributed by atoms with Gasteiger partial charge in [-0.1, -0.05) is 17.9 Å². The fraction of sp³-hybridized carbons (Fsp3) is 0.308. The Kier molecular flexibility index (Phi) is 5.10. The number of hydrogen-bond acceptors (Lipinski definition) is 3. The first-order chi connectivity index (χ1) is 7.77. The van der Waals surface area contributed by atoms with Crippen LogP contribution in [0.25, 0.3) is 0 Å². The maximum Gasteiger partial charge on any atom is 0.337 e. The molecule has 1 rings (SSSR count). The molecule has 0 spiro atoms. The van der Waals surface area contributed by atoms with E-state index in [1.54, 1.807) is 18.2 Å². The van der Waals surface area contributed by atoms with Crippen molar-refractivity contribution in [1.82, 2.24) is 0 Å². The summed E-state index contributed by atoms with van der Waals surface area (Å²) in [6.07, 6.45) is 1.32. The molecule has 0 bridgehead atoms. The normalized spacial score (nSPS) is 9.12. The van der Waals surface area contributed by atoms with Gasteiger partial charge in [-0.15, -0.1) is 0 Å². The highest BCUT2D eigenvalue weighted by atomic mass is 16.5. The van der Waals surface area contributed by atoms with E-state index in [-0.39, 0.29) is 12.6 Å². The second-order valence-corrected chi connectivity index (χ2v) is 3.20. The highest BCUT2D eigenvalue weighted by Gasteiger charge is 2.03. The molecular weight excluding hydrogens is 204 g/mol. The van der Waals surface area contributed by atoms with Gasteiger partial charge in [0.15, 0.2) is 0 Å². The summed E-state index contributed by atoms with van der Waals surface area (Å²) in [6.45, 7) is 0.150. The number of carbonyl (C=O) groups excluding carboxylic acids is 1. The number of aliphatic hydroxyl groups is 1. The Labute approximate surface area is 95.1 Å². The number of methoxy groups -OCH3 is 1. The minimum absolute atomic E-state index is 0.150. The Balaban J connectivity index is 2.73. The Hall–Kier alpha value is -1.79. The van der Waals surface area contributed by atoms with Gasteiger partial charge in [-0.25, -0.2) is 4.79 Å². The van der Waals surface area contributed by atoms with Crippen molar-refractivity contribution < 1.29 is 14.6 Å². The number of benzene rings is 1. The number of esters is 1. The van der Waals surface area contributed by atoms with Crippen LogP contribution >= 0.6 is 0 Å². The second-order valence-electron chi connectivity index (χ2n) is 3.20. The summed E-state index contributed by atoms with van der Waals surface area (Å²) < 4.78 is 4.61. The molecule has 0 aliphatic carbocycles. The first-order valence-electron chi connectivity index (χ1n) is 5.06. The van der Waals surface area contributed by atoms with E-state index in [0.717, 1.165) is 5.56 Å². The van der Waals surface area contributed by atoms with E-state index in [4.69, 9.17) is 5.11 Å². The lowest BCUT2D eigenvalue weighted by atomic mass is 10.1. The molecule has 0 radical (unpaired) electrons. The third-order valence-electron chi connectivity index (χ3n) is 1.98. The molecule has 0 unspecified atom stereocenters. The van der Waals surface area contributed by atoms with E-state index < -0.39 is 0 Å². The van der Waals surface area contributed by atoms with E-state index in [1.807, 2.05) is 6.07 Å². The molecule has 1 N–H and O–H groups in total. The molecule has 0 aliphatic rings. The minimum Gasteiger partial charge on any atom is -0.465 e. The molecule has 1 aromatic carbocycles. The highest BCUT2D eigenvalue weighted by molar-refractivity contribution is 5.89. The molecule has 0 heterocycles. The summed E-state index contributed by atoms with van der Waals surface area (Å²) in [5.74, 6) is 5.49. The zero-order valence-electron chi connectivity index (χ0n) is 9.19. The van der Waals surface area contributed by atoms with Gasteiger partial charge in [-0.05, 0) is 24.6 Å². The number of rotatable bonds is 3. The molecule has 0 atom stereocenters. The average Bonchev–Trinajstić information content (AvgIpc) is 2.34. The number of unbranched alkanes of at least 4 members (excludes halogenated alkanes) is 1. The molecule has 0 amide bonds. The van der Waals surface area contributed by atoms with Gasteiger partial charge in [0.05, 0.1) is 12.7 Å². The van der Waals surface area contributed by atoms with Crippen LogP contribution in [0.15, 0.2) is 24.3 Å². The first-order valence-corrected chi connectivity index (χ1v) is 5.06. The summed E-state index contributed by atoms with van der Waals surface area (Å²) in [7, 11) is 1.35. The van der Waals surface area contributed by atoms with Crippen LogP contribution in [0, 0.1) is 11.8 Å². The summed E-state index contributed by atoms with van der Waals surface area (Å²) in [5.41, 5.74) is 1.28. The van der Waals surface area contributed by atoms with Gasteiger partial charge in [0.2, 0.25) is 0 Å². The van der Waals surface area contributed by atoms with Gasteiger partial charge >= 0.3 is 5.97 Å². The van der Waals surface area contributed by atoms with Crippen LogP contribution in [0.4, 0.5) is 0 Å². The van der Waals surface area contributed by atoms with E-state index in [0.29, 0.717) is 18.4 Å². The van der Waals surface area contributed by atoms with Crippen molar-refractivity contribution in [2.45, 2.75) is 12.8 Å². The smallest absolute Gasteiger partial charge is 0.337 e. The Bertz CT molecular complexity index is 413. The summed E-state index contributed by atoms with van der Waals surface area (Å²) in [5, 5.41) is 8.58. The van der Waals surface area contributed by atoms with Crippen molar-refractivity contribution in [3.63, 3.8) is 0 Å². The van der Waals surface area contributed by atoms with Crippen molar-refractivity contribution in [2.24, 2.45) is 0 Å². The van der Waals surface area contributed by atoms with Crippen molar-refractivity contribution in [2.75, 3.05) is 13.7 Å². The second kappa shape index (κ2) is 6.65. The SMILES string of the molecule is COC(=O)c1cccc(C#CCCCO)c1. The Morgan fingerprint density at radius 1 is 1.50 bits per heavy atom. The Morgan fingerprint density at radius 3 is 3.00 bits per heavy atom. The van der Waals surface area contributed by atoms with Crippen LogP contribution in [0.2, 0.25) is 0 Å². The fourth-order valence-corrected chi connectivity index (χ4v) is 1.17.